The quantitative estimate of drug-likeness (QED) is 0.674. The van der Waals surface area contributed by atoms with Crippen molar-refractivity contribution in [3.8, 4) is 0 Å². The van der Waals surface area contributed by atoms with Crippen LogP contribution >= 0.6 is 23.4 Å². The van der Waals surface area contributed by atoms with E-state index in [2.05, 4.69) is 23.6 Å². The van der Waals surface area contributed by atoms with E-state index in [0.29, 0.717) is 18.3 Å². The van der Waals surface area contributed by atoms with Crippen LogP contribution in [0.5, 0.6) is 0 Å². The van der Waals surface area contributed by atoms with Crippen LogP contribution in [-0.2, 0) is 4.74 Å². The second-order valence-corrected chi connectivity index (χ2v) is 7.99. The highest BCUT2D eigenvalue weighted by Crippen LogP contribution is 2.21. The van der Waals surface area contributed by atoms with E-state index in [1.165, 1.54) is 0 Å². The number of aliphatic hydroxyl groups excluding tert-OH is 1. The molecule has 0 spiro atoms. The third-order valence-electron chi connectivity index (χ3n) is 4.24. The molecule has 1 N–H and O–H groups in total. The van der Waals surface area contributed by atoms with Crippen LogP contribution in [0.15, 0.2) is 29.2 Å². The maximum atomic E-state index is 10.4. The molecule has 1 saturated heterocycles. The predicted molar refractivity (Wildman–Crippen MR) is 102 cm³/mol. The van der Waals surface area contributed by atoms with Crippen molar-refractivity contribution in [3.05, 3.63) is 29.3 Å². The lowest BCUT2D eigenvalue weighted by Crippen LogP contribution is -2.45. The first-order valence-electron chi connectivity index (χ1n) is 8.65. The van der Waals surface area contributed by atoms with Crippen molar-refractivity contribution in [3.63, 3.8) is 0 Å². The summed E-state index contributed by atoms with van der Waals surface area (Å²) in [6.07, 6.45) is -0.335. The monoisotopic (exact) mass is 372 g/mol. The summed E-state index contributed by atoms with van der Waals surface area (Å²) >= 11 is 7.57. The first kappa shape index (κ1) is 20.0. The number of ether oxygens (including phenoxy) is 1. The van der Waals surface area contributed by atoms with Gasteiger partial charge in [-0.1, -0.05) is 11.6 Å². The molecule has 24 heavy (non-hydrogen) atoms. The van der Waals surface area contributed by atoms with E-state index in [-0.39, 0.29) is 6.10 Å². The summed E-state index contributed by atoms with van der Waals surface area (Å²) in [5, 5.41) is 11.1. The van der Waals surface area contributed by atoms with E-state index in [9.17, 15) is 5.11 Å². The molecule has 1 fully saturated rings. The van der Waals surface area contributed by atoms with Crippen molar-refractivity contribution in [1.82, 2.24) is 9.80 Å². The molecule has 1 aliphatic rings. The summed E-state index contributed by atoms with van der Waals surface area (Å²) in [6.45, 7) is 10.8. The van der Waals surface area contributed by atoms with E-state index in [1.54, 1.807) is 11.8 Å². The van der Waals surface area contributed by atoms with Crippen molar-refractivity contribution in [2.24, 2.45) is 0 Å². The van der Waals surface area contributed by atoms with E-state index in [1.807, 2.05) is 24.3 Å². The van der Waals surface area contributed by atoms with Crippen LogP contribution in [0.25, 0.3) is 0 Å². The van der Waals surface area contributed by atoms with Gasteiger partial charge in [0.15, 0.2) is 0 Å². The summed E-state index contributed by atoms with van der Waals surface area (Å²) in [5.41, 5.74) is 0. The Morgan fingerprint density at radius 3 is 2.54 bits per heavy atom. The molecule has 1 unspecified atom stereocenters. The molecular formula is C18H29ClN2O2S. The van der Waals surface area contributed by atoms with Gasteiger partial charge in [-0.2, -0.15) is 0 Å². The zero-order valence-corrected chi connectivity index (χ0v) is 16.2. The van der Waals surface area contributed by atoms with Crippen molar-refractivity contribution in [2.45, 2.75) is 30.9 Å². The summed E-state index contributed by atoms with van der Waals surface area (Å²) in [7, 11) is 0. The first-order chi connectivity index (χ1) is 11.5. The Bertz CT molecular complexity index is 467. The van der Waals surface area contributed by atoms with Gasteiger partial charge in [-0.15, -0.1) is 11.8 Å². The normalized spacial score (nSPS) is 17.6. The fourth-order valence-corrected chi connectivity index (χ4v) is 3.65. The predicted octanol–water partition coefficient (Wildman–Crippen LogP) is 2.84. The van der Waals surface area contributed by atoms with Crippen LogP contribution < -0.4 is 0 Å². The highest BCUT2D eigenvalue weighted by Gasteiger charge is 2.17. The molecule has 1 atom stereocenters. The maximum absolute atomic E-state index is 10.4. The molecular weight excluding hydrogens is 344 g/mol. The Kier molecular flexibility index (Phi) is 8.87. The van der Waals surface area contributed by atoms with Gasteiger partial charge in [0.05, 0.1) is 19.3 Å². The van der Waals surface area contributed by atoms with Crippen LogP contribution in [0.1, 0.15) is 13.8 Å². The topological polar surface area (TPSA) is 35.9 Å². The number of morpholine rings is 1. The fourth-order valence-electron chi connectivity index (χ4n) is 2.70. The minimum Gasteiger partial charge on any atom is -0.391 e. The number of aliphatic hydroxyl groups is 1. The van der Waals surface area contributed by atoms with Gasteiger partial charge in [0.1, 0.15) is 0 Å². The molecule has 1 aliphatic heterocycles. The van der Waals surface area contributed by atoms with Crippen LogP contribution in [0.2, 0.25) is 5.02 Å². The van der Waals surface area contributed by atoms with Crippen LogP contribution in [0.4, 0.5) is 0 Å². The first-order valence-corrected chi connectivity index (χ1v) is 10.0. The van der Waals surface area contributed by atoms with Gasteiger partial charge in [-0.05, 0) is 38.1 Å². The molecule has 0 amide bonds. The lowest BCUT2D eigenvalue weighted by Gasteiger charge is -2.33. The van der Waals surface area contributed by atoms with Gasteiger partial charge in [0.25, 0.3) is 0 Å². The average molecular weight is 373 g/mol. The Labute approximate surface area is 155 Å². The highest BCUT2D eigenvalue weighted by atomic mass is 35.5. The van der Waals surface area contributed by atoms with Gasteiger partial charge in [0, 0.05) is 54.4 Å². The second-order valence-electron chi connectivity index (χ2n) is 6.46. The number of rotatable bonds is 9. The van der Waals surface area contributed by atoms with E-state index in [4.69, 9.17) is 16.3 Å². The largest absolute Gasteiger partial charge is 0.391 e. The highest BCUT2D eigenvalue weighted by molar-refractivity contribution is 7.99. The third-order valence-corrected chi connectivity index (χ3v) is 5.65. The molecule has 0 saturated carbocycles. The van der Waals surface area contributed by atoms with Gasteiger partial charge in [-0.3, -0.25) is 9.80 Å². The zero-order valence-electron chi connectivity index (χ0n) is 14.7. The van der Waals surface area contributed by atoms with E-state index in [0.717, 1.165) is 49.3 Å². The van der Waals surface area contributed by atoms with E-state index < -0.39 is 0 Å². The number of benzene rings is 1. The standard InChI is InChI=1S/C18H29ClN2O2S/c1-15(2)21(8-7-20-9-11-23-12-10-20)13-17(22)14-24-18-5-3-16(19)4-6-18/h3-6,15,17,22H,7-14H2,1-2H3. The molecule has 0 bridgehead atoms. The lowest BCUT2D eigenvalue weighted by molar-refractivity contribution is 0.0279. The minimum atomic E-state index is -0.335. The Morgan fingerprint density at radius 2 is 1.92 bits per heavy atom. The number of halogens is 1. The zero-order chi connectivity index (χ0) is 17.4. The summed E-state index contributed by atoms with van der Waals surface area (Å²) < 4.78 is 5.39. The van der Waals surface area contributed by atoms with Gasteiger partial charge in [-0.25, -0.2) is 0 Å². The number of thioether (sulfide) groups is 1. The SMILES string of the molecule is CC(C)N(CCN1CCOCC1)CC(O)CSc1ccc(Cl)cc1. The summed E-state index contributed by atoms with van der Waals surface area (Å²) in [5.74, 6) is 0.697. The molecule has 6 heteroatoms. The van der Waals surface area contributed by atoms with Crippen molar-refractivity contribution in [1.29, 1.82) is 0 Å². The Hall–Kier alpha value is -0.300. The molecule has 1 heterocycles. The number of nitrogens with zero attached hydrogens (tertiary/aromatic N) is 2. The van der Waals surface area contributed by atoms with Crippen molar-refractivity contribution in [2.75, 3.05) is 51.7 Å². The Balaban J connectivity index is 1.73. The Morgan fingerprint density at radius 1 is 1.25 bits per heavy atom. The lowest BCUT2D eigenvalue weighted by atomic mass is 10.2. The number of hydrogen-bond acceptors (Lipinski definition) is 5. The maximum Gasteiger partial charge on any atom is 0.0760 e. The molecule has 0 radical (unpaired) electrons. The van der Waals surface area contributed by atoms with Gasteiger partial charge in [0.2, 0.25) is 0 Å². The van der Waals surface area contributed by atoms with Crippen molar-refractivity contribution >= 4 is 23.4 Å². The molecule has 0 aromatic heterocycles. The molecule has 2 rings (SSSR count). The smallest absolute Gasteiger partial charge is 0.0760 e. The molecule has 1 aromatic carbocycles. The summed E-state index contributed by atoms with van der Waals surface area (Å²) in [6, 6.07) is 8.20. The third kappa shape index (κ3) is 7.30. The second kappa shape index (κ2) is 10.6. The number of hydrogen-bond donors (Lipinski definition) is 1. The van der Waals surface area contributed by atoms with Crippen molar-refractivity contribution < 1.29 is 9.84 Å². The molecule has 4 nitrogen and oxygen atoms in total. The van der Waals surface area contributed by atoms with Crippen LogP contribution in [-0.4, -0.2) is 78.7 Å². The van der Waals surface area contributed by atoms with Crippen LogP contribution in [0, 0.1) is 0 Å². The van der Waals surface area contributed by atoms with Gasteiger partial charge >= 0.3 is 0 Å². The molecule has 0 aliphatic carbocycles. The van der Waals surface area contributed by atoms with Gasteiger partial charge < -0.3 is 9.84 Å². The summed E-state index contributed by atoms with van der Waals surface area (Å²) in [4.78, 5) is 5.94. The van der Waals surface area contributed by atoms with E-state index >= 15 is 0 Å². The molecule has 1 aromatic rings. The average Bonchev–Trinajstić information content (AvgIpc) is 2.58. The van der Waals surface area contributed by atoms with Crippen LogP contribution in [0.3, 0.4) is 0 Å². The fraction of sp³-hybridized carbons (Fsp3) is 0.667. The molecule has 136 valence electrons. The minimum absolute atomic E-state index is 0.335.